The standard InChI is InChI=1S/C31H28FN5OS/c1-3-27-26-20-36(31(38)33-23-12-8-15-25(19-23)39-2)29(21-10-7-11-22(32)18-21)28-16-9-17-35(28)30(26)37(34-27)24-13-5-4-6-14-24/h4-19,29H,3,20H2,1-2H3,(H,33,38)/t29-/m0/s1. The molecule has 2 aromatic heterocycles. The van der Waals surface area contributed by atoms with Gasteiger partial charge in [0.25, 0.3) is 0 Å². The molecule has 1 N–H and O–H groups in total. The van der Waals surface area contributed by atoms with Crippen molar-refractivity contribution in [2.75, 3.05) is 11.6 Å². The highest BCUT2D eigenvalue weighted by atomic mass is 32.2. The number of para-hydroxylation sites is 1. The number of aromatic nitrogens is 3. The summed E-state index contributed by atoms with van der Waals surface area (Å²) >= 11 is 1.62. The van der Waals surface area contributed by atoms with Crippen molar-refractivity contribution in [1.82, 2.24) is 19.2 Å². The Hall–Kier alpha value is -4.30. The van der Waals surface area contributed by atoms with Crippen molar-refractivity contribution in [1.29, 1.82) is 0 Å². The molecule has 0 bridgehead atoms. The first-order valence-electron chi connectivity index (χ1n) is 12.9. The Morgan fingerprint density at radius 3 is 2.62 bits per heavy atom. The molecule has 0 saturated heterocycles. The van der Waals surface area contributed by atoms with Crippen molar-refractivity contribution in [3.63, 3.8) is 0 Å². The molecule has 5 aromatic rings. The van der Waals surface area contributed by atoms with E-state index in [2.05, 4.69) is 16.8 Å². The van der Waals surface area contributed by atoms with Crippen LogP contribution in [0, 0.1) is 5.82 Å². The first-order valence-corrected chi connectivity index (χ1v) is 14.1. The van der Waals surface area contributed by atoms with E-state index < -0.39 is 6.04 Å². The van der Waals surface area contributed by atoms with E-state index in [0.717, 1.165) is 33.4 Å². The van der Waals surface area contributed by atoms with Gasteiger partial charge >= 0.3 is 6.03 Å². The molecule has 0 aliphatic carbocycles. The number of benzene rings is 3. The fourth-order valence-electron chi connectivity index (χ4n) is 5.27. The Labute approximate surface area is 231 Å². The van der Waals surface area contributed by atoms with Crippen LogP contribution in [-0.4, -0.2) is 31.5 Å². The lowest BCUT2D eigenvalue weighted by Gasteiger charge is -2.31. The molecule has 2 amide bonds. The molecule has 1 aliphatic heterocycles. The first-order chi connectivity index (χ1) is 19.1. The van der Waals surface area contributed by atoms with Crippen LogP contribution in [0.25, 0.3) is 11.5 Å². The van der Waals surface area contributed by atoms with E-state index in [0.29, 0.717) is 24.2 Å². The molecular formula is C31H28FN5OS. The van der Waals surface area contributed by atoms with Gasteiger partial charge in [-0.1, -0.05) is 43.3 Å². The minimum absolute atomic E-state index is 0.266. The Bertz CT molecular complexity index is 1640. The van der Waals surface area contributed by atoms with E-state index in [4.69, 9.17) is 5.10 Å². The monoisotopic (exact) mass is 537 g/mol. The van der Waals surface area contributed by atoms with Crippen LogP contribution in [0.1, 0.15) is 35.5 Å². The molecule has 6 nitrogen and oxygen atoms in total. The third-order valence-corrected chi connectivity index (χ3v) is 7.78. The van der Waals surface area contributed by atoms with E-state index in [1.54, 1.807) is 22.7 Å². The number of nitrogens with zero attached hydrogens (tertiary/aromatic N) is 4. The van der Waals surface area contributed by atoms with Crippen molar-refractivity contribution < 1.29 is 9.18 Å². The number of rotatable bonds is 5. The maximum absolute atomic E-state index is 14.5. The summed E-state index contributed by atoms with van der Waals surface area (Å²) in [5.41, 5.74) is 5.07. The van der Waals surface area contributed by atoms with Gasteiger partial charge in [-0.2, -0.15) is 5.10 Å². The summed E-state index contributed by atoms with van der Waals surface area (Å²) in [6, 6.07) is 27.4. The first kappa shape index (κ1) is 25.0. The molecule has 39 heavy (non-hydrogen) atoms. The fraction of sp³-hybridized carbons (Fsp3) is 0.161. The van der Waals surface area contributed by atoms with Crippen LogP contribution in [0.2, 0.25) is 0 Å². The second-order valence-electron chi connectivity index (χ2n) is 9.40. The number of fused-ring (bicyclic) bond motifs is 3. The lowest BCUT2D eigenvalue weighted by Crippen LogP contribution is -2.38. The van der Waals surface area contributed by atoms with Crippen molar-refractivity contribution >= 4 is 23.5 Å². The molecule has 3 aromatic carbocycles. The molecular weight excluding hydrogens is 509 g/mol. The second-order valence-corrected chi connectivity index (χ2v) is 10.3. The molecule has 1 atom stereocenters. The summed E-state index contributed by atoms with van der Waals surface area (Å²) in [4.78, 5) is 16.9. The summed E-state index contributed by atoms with van der Waals surface area (Å²) in [5, 5.41) is 8.09. The highest BCUT2D eigenvalue weighted by Crippen LogP contribution is 2.39. The molecule has 0 spiro atoms. The van der Waals surface area contributed by atoms with Gasteiger partial charge in [-0.05, 0) is 72.8 Å². The smallest absolute Gasteiger partial charge is 0.308 e. The number of hydrogen-bond donors (Lipinski definition) is 1. The lowest BCUT2D eigenvalue weighted by atomic mass is 10.0. The number of thioether (sulfide) groups is 1. The molecule has 0 unspecified atom stereocenters. The van der Waals surface area contributed by atoms with Gasteiger partial charge in [-0.15, -0.1) is 11.8 Å². The van der Waals surface area contributed by atoms with E-state index in [1.807, 2.05) is 89.9 Å². The topological polar surface area (TPSA) is 55.1 Å². The maximum Gasteiger partial charge on any atom is 0.322 e. The van der Waals surface area contributed by atoms with Crippen molar-refractivity contribution in [2.45, 2.75) is 30.8 Å². The van der Waals surface area contributed by atoms with Gasteiger partial charge in [-0.25, -0.2) is 13.9 Å². The van der Waals surface area contributed by atoms with Crippen LogP contribution in [0.5, 0.6) is 0 Å². The minimum Gasteiger partial charge on any atom is -0.308 e. The Balaban J connectivity index is 1.54. The normalized spacial score (nSPS) is 14.4. The number of halogens is 1. The third kappa shape index (κ3) is 4.61. The number of urea groups is 1. The van der Waals surface area contributed by atoms with E-state index in [-0.39, 0.29) is 11.8 Å². The lowest BCUT2D eigenvalue weighted by molar-refractivity contribution is 0.194. The SMILES string of the molecule is CCc1nn(-c2ccccc2)c2c1CN(C(=O)Nc1cccc(SC)c1)[C@@H](c1cccc(F)c1)c1cccn1-2. The summed E-state index contributed by atoms with van der Waals surface area (Å²) in [5.74, 6) is 0.546. The molecule has 0 radical (unpaired) electrons. The van der Waals surface area contributed by atoms with E-state index >= 15 is 0 Å². The average molecular weight is 538 g/mol. The summed E-state index contributed by atoms with van der Waals surface area (Å²) < 4.78 is 18.6. The molecule has 8 heteroatoms. The number of carbonyl (C=O) groups is 1. The molecule has 196 valence electrons. The largest absolute Gasteiger partial charge is 0.322 e. The van der Waals surface area contributed by atoms with Gasteiger partial charge in [0.1, 0.15) is 11.6 Å². The number of nitrogens with one attached hydrogen (secondary N) is 1. The van der Waals surface area contributed by atoms with Crippen LogP contribution in [0.3, 0.4) is 0 Å². The zero-order chi connectivity index (χ0) is 26.9. The van der Waals surface area contributed by atoms with Crippen molar-refractivity contribution in [3.05, 3.63) is 126 Å². The Morgan fingerprint density at radius 1 is 1.03 bits per heavy atom. The van der Waals surface area contributed by atoms with E-state index in [1.165, 1.54) is 12.1 Å². The number of aryl methyl sites for hydroxylation is 1. The predicted molar refractivity (Wildman–Crippen MR) is 153 cm³/mol. The number of anilines is 1. The van der Waals surface area contributed by atoms with Crippen LogP contribution in [-0.2, 0) is 13.0 Å². The third-order valence-electron chi connectivity index (χ3n) is 7.05. The zero-order valence-corrected chi connectivity index (χ0v) is 22.5. The molecule has 0 fully saturated rings. The second kappa shape index (κ2) is 10.5. The van der Waals surface area contributed by atoms with Gasteiger partial charge in [-0.3, -0.25) is 0 Å². The Morgan fingerprint density at radius 2 is 1.85 bits per heavy atom. The molecule has 1 aliphatic rings. The van der Waals surface area contributed by atoms with E-state index in [9.17, 15) is 9.18 Å². The number of hydrogen-bond acceptors (Lipinski definition) is 3. The maximum atomic E-state index is 14.5. The highest BCUT2D eigenvalue weighted by Gasteiger charge is 2.36. The van der Waals surface area contributed by atoms with Crippen molar-refractivity contribution in [3.8, 4) is 11.5 Å². The van der Waals surface area contributed by atoms with Gasteiger partial charge in [0.15, 0.2) is 0 Å². The summed E-state index contributed by atoms with van der Waals surface area (Å²) in [7, 11) is 0. The Kier molecular flexibility index (Phi) is 6.70. The van der Waals surface area contributed by atoms with Gasteiger partial charge in [0.05, 0.1) is 29.7 Å². The fourth-order valence-corrected chi connectivity index (χ4v) is 5.73. The van der Waals surface area contributed by atoms with Gasteiger partial charge in [0, 0.05) is 22.3 Å². The van der Waals surface area contributed by atoms with Crippen LogP contribution < -0.4 is 5.32 Å². The van der Waals surface area contributed by atoms with Crippen LogP contribution in [0.15, 0.2) is 102 Å². The quantitative estimate of drug-likeness (QED) is 0.241. The predicted octanol–water partition coefficient (Wildman–Crippen LogP) is 7.22. The van der Waals surface area contributed by atoms with Crippen molar-refractivity contribution in [2.24, 2.45) is 0 Å². The molecule has 3 heterocycles. The molecule has 0 saturated carbocycles. The highest BCUT2D eigenvalue weighted by molar-refractivity contribution is 7.98. The zero-order valence-electron chi connectivity index (χ0n) is 21.7. The molecule has 6 rings (SSSR count). The average Bonchev–Trinajstić information content (AvgIpc) is 3.54. The minimum atomic E-state index is -0.527. The summed E-state index contributed by atoms with van der Waals surface area (Å²) in [6.07, 6.45) is 4.70. The number of amides is 2. The van der Waals surface area contributed by atoms with Gasteiger partial charge in [0.2, 0.25) is 0 Å². The van der Waals surface area contributed by atoms with Gasteiger partial charge < -0.3 is 14.8 Å². The van der Waals surface area contributed by atoms with Crippen LogP contribution >= 0.6 is 11.8 Å². The number of carbonyl (C=O) groups excluding carboxylic acids is 1. The van der Waals surface area contributed by atoms with Crippen LogP contribution in [0.4, 0.5) is 14.9 Å². The summed E-state index contributed by atoms with van der Waals surface area (Å²) in [6.45, 7) is 2.38.